The van der Waals surface area contributed by atoms with Gasteiger partial charge >= 0.3 is 0 Å². The van der Waals surface area contributed by atoms with Crippen molar-refractivity contribution in [3.8, 4) is 0 Å². The van der Waals surface area contributed by atoms with Crippen LogP contribution in [0.3, 0.4) is 0 Å². The van der Waals surface area contributed by atoms with Gasteiger partial charge in [-0.25, -0.2) is 0 Å². The van der Waals surface area contributed by atoms with Crippen LogP contribution in [-0.4, -0.2) is 25.5 Å². The van der Waals surface area contributed by atoms with Crippen LogP contribution in [0.15, 0.2) is 0 Å². The van der Waals surface area contributed by atoms with Crippen LogP contribution in [0.1, 0.15) is 65.7 Å². The van der Waals surface area contributed by atoms with Crippen molar-refractivity contribution in [3.05, 3.63) is 0 Å². The molecule has 0 aromatic rings. The number of rotatable bonds is 9. The molecule has 0 radical (unpaired) electrons. The molecule has 0 aromatic carbocycles. The zero-order valence-electron chi connectivity index (χ0n) is 11.6. The Kier molecular flexibility index (Phi) is 8.13. The third-order valence-corrected chi connectivity index (χ3v) is 3.65. The van der Waals surface area contributed by atoms with Gasteiger partial charge in [-0.1, -0.05) is 52.9 Å². The first-order chi connectivity index (χ1) is 7.04. The number of unbranched alkanes of at least 4 members (excludes halogenated alkanes) is 3. The summed E-state index contributed by atoms with van der Waals surface area (Å²) in [5, 5.41) is 0. The van der Waals surface area contributed by atoms with Gasteiger partial charge in [0, 0.05) is 0 Å². The topological polar surface area (TPSA) is 3.24 Å². The molecule has 15 heavy (non-hydrogen) atoms. The van der Waals surface area contributed by atoms with E-state index in [0.29, 0.717) is 5.41 Å². The lowest BCUT2D eigenvalue weighted by molar-refractivity contribution is 0.218. The van der Waals surface area contributed by atoms with E-state index in [-0.39, 0.29) is 0 Å². The Balaban J connectivity index is 3.75. The molecule has 0 N–H and O–H groups in total. The second-order valence-electron chi connectivity index (χ2n) is 5.53. The molecule has 0 unspecified atom stereocenters. The van der Waals surface area contributed by atoms with Crippen LogP contribution in [0.5, 0.6) is 0 Å². The van der Waals surface area contributed by atoms with E-state index in [4.69, 9.17) is 0 Å². The van der Waals surface area contributed by atoms with Crippen LogP contribution in [-0.2, 0) is 0 Å². The Hall–Kier alpha value is -0.0400. The molecule has 0 aliphatic carbocycles. The maximum atomic E-state index is 2.46. The Morgan fingerprint density at radius 2 is 1.60 bits per heavy atom. The van der Waals surface area contributed by atoms with E-state index in [0.717, 1.165) is 0 Å². The fourth-order valence-corrected chi connectivity index (χ4v) is 1.95. The predicted octanol–water partition coefficient (Wildman–Crippen LogP) is 4.32. The zero-order chi connectivity index (χ0) is 11.7. The van der Waals surface area contributed by atoms with E-state index in [1.165, 1.54) is 51.5 Å². The van der Waals surface area contributed by atoms with Crippen molar-refractivity contribution < 1.29 is 0 Å². The first-order valence-electron chi connectivity index (χ1n) is 6.69. The third kappa shape index (κ3) is 7.84. The Labute approximate surface area is 97.2 Å². The SMILES string of the molecule is CCCCCC[C@](C)(CC)CCN(C)C. The van der Waals surface area contributed by atoms with Crippen LogP contribution in [0.2, 0.25) is 0 Å². The van der Waals surface area contributed by atoms with E-state index >= 15 is 0 Å². The molecule has 0 spiro atoms. The van der Waals surface area contributed by atoms with Gasteiger partial charge in [-0.2, -0.15) is 0 Å². The van der Waals surface area contributed by atoms with Crippen molar-refractivity contribution in [1.82, 2.24) is 4.90 Å². The lowest BCUT2D eigenvalue weighted by atomic mass is 9.79. The fourth-order valence-electron chi connectivity index (χ4n) is 1.95. The summed E-state index contributed by atoms with van der Waals surface area (Å²) >= 11 is 0. The van der Waals surface area contributed by atoms with Gasteiger partial charge in [-0.05, 0) is 38.9 Å². The average Bonchev–Trinajstić information content (AvgIpc) is 2.22. The lowest BCUT2D eigenvalue weighted by Gasteiger charge is -2.29. The van der Waals surface area contributed by atoms with E-state index in [1.54, 1.807) is 0 Å². The highest BCUT2D eigenvalue weighted by Gasteiger charge is 2.21. The largest absolute Gasteiger partial charge is 0.309 e. The predicted molar refractivity (Wildman–Crippen MR) is 70.3 cm³/mol. The highest BCUT2D eigenvalue weighted by Crippen LogP contribution is 2.32. The summed E-state index contributed by atoms with van der Waals surface area (Å²) in [5.41, 5.74) is 0.581. The van der Waals surface area contributed by atoms with Crippen LogP contribution >= 0.6 is 0 Å². The summed E-state index contributed by atoms with van der Waals surface area (Å²) < 4.78 is 0. The van der Waals surface area contributed by atoms with Gasteiger partial charge < -0.3 is 4.90 Å². The minimum Gasteiger partial charge on any atom is -0.309 e. The highest BCUT2D eigenvalue weighted by atomic mass is 15.0. The molecule has 1 atom stereocenters. The second-order valence-corrected chi connectivity index (χ2v) is 5.53. The molecule has 1 heteroatoms. The monoisotopic (exact) mass is 213 g/mol. The van der Waals surface area contributed by atoms with E-state index < -0.39 is 0 Å². The van der Waals surface area contributed by atoms with Crippen molar-refractivity contribution in [1.29, 1.82) is 0 Å². The van der Waals surface area contributed by atoms with Crippen molar-refractivity contribution in [3.63, 3.8) is 0 Å². The second kappa shape index (κ2) is 8.15. The molecule has 0 aliphatic heterocycles. The molecule has 0 saturated carbocycles. The molecule has 1 nitrogen and oxygen atoms in total. The minimum atomic E-state index is 0.581. The van der Waals surface area contributed by atoms with E-state index in [1.807, 2.05) is 0 Å². The van der Waals surface area contributed by atoms with E-state index in [9.17, 15) is 0 Å². The van der Waals surface area contributed by atoms with Crippen molar-refractivity contribution in [2.75, 3.05) is 20.6 Å². The number of hydrogen-bond acceptors (Lipinski definition) is 1. The van der Waals surface area contributed by atoms with E-state index in [2.05, 4.69) is 39.8 Å². The molecule has 0 heterocycles. The highest BCUT2D eigenvalue weighted by molar-refractivity contribution is 4.73. The Morgan fingerprint density at radius 1 is 0.933 bits per heavy atom. The molecule has 0 amide bonds. The van der Waals surface area contributed by atoms with Gasteiger partial charge in [0.1, 0.15) is 0 Å². The standard InChI is InChI=1S/C14H31N/c1-6-8-9-10-11-14(3,7-2)12-13-15(4)5/h6-13H2,1-5H3/t14-/m0/s1. The normalized spacial score (nSPS) is 15.6. The van der Waals surface area contributed by atoms with Gasteiger partial charge in [0.15, 0.2) is 0 Å². The summed E-state index contributed by atoms with van der Waals surface area (Å²) in [6.07, 6.45) is 9.70. The Bertz CT molecular complexity index is 142. The molecule has 0 fully saturated rings. The molecule has 0 aromatic heterocycles. The van der Waals surface area contributed by atoms with Crippen molar-refractivity contribution in [2.24, 2.45) is 5.41 Å². The van der Waals surface area contributed by atoms with Gasteiger partial charge in [0.2, 0.25) is 0 Å². The van der Waals surface area contributed by atoms with Gasteiger partial charge in [0.05, 0.1) is 0 Å². The fraction of sp³-hybridized carbons (Fsp3) is 1.00. The summed E-state index contributed by atoms with van der Waals surface area (Å²) in [6, 6.07) is 0. The summed E-state index contributed by atoms with van der Waals surface area (Å²) in [4.78, 5) is 2.31. The molecular weight excluding hydrogens is 182 g/mol. The number of hydrogen-bond donors (Lipinski definition) is 0. The Morgan fingerprint density at radius 3 is 2.07 bits per heavy atom. The molecule has 0 saturated heterocycles. The third-order valence-electron chi connectivity index (χ3n) is 3.65. The van der Waals surface area contributed by atoms with Crippen LogP contribution in [0.25, 0.3) is 0 Å². The first kappa shape index (κ1) is 15.0. The van der Waals surface area contributed by atoms with Gasteiger partial charge in [-0.3, -0.25) is 0 Å². The van der Waals surface area contributed by atoms with Crippen molar-refractivity contribution in [2.45, 2.75) is 65.7 Å². The summed E-state index contributed by atoms with van der Waals surface area (Å²) in [5.74, 6) is 0. The maximum Gasteiger partial charge on any atom is -0.00196 e. The summed E-state index contributed by atoms with van der Waals surface area (Å²) in [6.45, 7) is 8.32. The van der Waals surface area contributed by atoms with Gasteiger partial charge in [-0.15, -0.1) is 0 Å². The maximum absolute atomic E-state index is 2.46. The van der Waals surface area contributed by atoms with Crippen LogP contribution < -0.4 is 0 Å². The van der Waals surface area contributed by atoms with Crippen molar-refractivity contribution >= 4 is 0 Å². The smallest absolute Gasteiger partial charge is 0.00196 e. The zero-order valence-corrected chi connectivity index (χ0v) is 11.6. The molecular formula is C14H31N. The molecule has 92 valence electrons. The molecule has 0 aliphatic rings. The van der Waals surface area contributed by atoms with Crippen LogP contribution in [0.4, 0.5) is 0 Å². The van der Waals surface area contributed by atoms with Crippen LogP contribution in [0, 0.1) is 5.41 Å². The first-order valence-corrected chi connectivity index (χ1v) is 6.69. The van der Waals surface area contributed by atoms with Gasteiger partial charge in [0.25, 0.3) is 0 Å². The average molecular weight is 213 g/mol. The molecule has 0 bridgehead atoms. The molecule has 0 rings (SSSR count). The quantitative estimate of drug-likeness (QED) is 0.515. The summed E-state index contributed by atoms with van der Waals surface area (Å²) in [7, 11) is 4.35. The lowest BCUT2D eigenvalue weighted by Crippen LogP contribution is -2.23. The minimum absolute atomic E-state index is 0.581. The number of nitrogens with zero attached hydrogens (tertiary/aromatic N) is 1.